The fraction of sp³-hybridized carbons (Fsp3) is 0.500. The number of ketones is 1. The van der Waals surface area contributed by atoms with E-state index in [9.17, 15) is 9.59 Å². The lowest BCUT2D eigenvalue weighted by molar-refractivity contribution is -0.114. The molecule has 0 bridgehead atoms. The first-order valence-corrected chi connectivity index (χ1v) is 7.03. The van der Waals surface area contributed by atoms with Gasteiger partial charge in [0.2, 0.25) is 0 Å². The van der Waals surface area contributed by atoms with Gasteiger partial charge in [-0.2, -0.15) is 0 Å². The topological polar surface area (TPSA) is 46.6 Å². The van der Waals surface area contributed by atoms with Gasteiger partial charge < -0.3 is 9.64 Å². The summed E-state index contributed by atoms with van der Waals surface area (Å²) in [4.78, 5) is 25.8. The van der Waals surface area contributed by atoms with Crippen molar-refractivity contribution >= 4 is 17.4 Å². The maximum Gasteiger partial charge on any atom is 0.299 e. The fourth-order valence-electron chi connectivity index (χ4n) is 3.12. The molecule has 1 fully saturated rings. The van der Waals surface area contributed by atoms with Crippen LogP contribution in [0.4, 0.5) is 5.69 Å². The van der Waals surface area contributed by atoms with E-state index in [0.29, 0.717) is 12.1 Å². The number of hydrogen-bond donors (Lipinski definition) is 0. The third-order valence-electron chi connectivity index (χ3n) is 4.13. The molecule has 2 aliphatic rings. The number of ether oxygens (including phenoxy) is 1. The summed E-state index contributed by atoms with van der Waals surface area (Å²) in [6.07, 6.45) is 1.91. The molecule has 1 unspecified atom stereocenters. The number of para-hydroxylation sites is 1. The van der Waals surface area contributed by atoms with Crippen molar-refractivity contribution in [2.45, 2.75) is 45.3 Å². The summed E-state index contributed by atoms with van der Waals surface area (Å²) in [5.41, 5.74) is 2.11. The van der Waals surface area contributed by atoms with Gasteiger partial charge in [-0.25, -0.2) is 0 Å². The van der Waals surface area contributed by atoms with Crippen molar-refractivity contribution < 1.29 is 14.3 Å². The van der Waals surface area contributed by atoms with E-state index in [1.165, 1.54) is 0 Å². The second-order valence-electron chi connectivity index (χ2n) is 6.25. The van der Waals surface area contributed by atoms with Crippen molar-refractivity contribution in [3.8, 4) is 0 Å². The molecule has 106 valence electrons. The van der Waals surface area contributed by atoms with Crippen LogP contribution in [0.3, 0.4) is 0 Å². The molecule has 3 rings (SSSR count). The summed E-state index contributed by atoms with van der Waals surface area (Å²) in [5.74, 6) is -0.830. The average molecular weight is 273 g/mol. The van der Waals surface area contributed by atoms with Gasteiger partial charge in [0.15, 0.2) is 0 Å². The molecule has 4 nitrogen and oxygen atoms in total. The lowest BCUT2D eigenvalue weighted by Crippen LogP contribution is -2.37. The molecule has 1 amide bonds. The van der Waals surface area contributed by atoms with Crippen molar-refractivity contribution in [2.75, 3.05) is 11.4 Å². The van der Waals surface area contributed by atoms with E-state index in [1.807, 2.05) is 19.1 Å². The van der Waals surface area contributed by atoms with E-state index in [4.69, 9.17) is 4.74 Å². The highest BCUT2D eigenvalue weighted by Crippen LogP contribution is 2.35. The number of rotatable bonds is 2. The number of carbonyl (C=O) groups excluding carboxylic acids is 2. The Morgan fingerprint density at radius 3 is 2.75 bits per heavy atom. The lowest BCUT2D eigenvalue weighted by Gasteiger charge is -2.24. The maximum atomic E-state index is 12.2. The molecule has 2 heterocycles. The summed E-state index contributed by atoms with van der Waals surface area (Å²) >= 11 is 0. The molecule has 0 aromatic heterocycles. The largest absolute Gasteiger partial charge is 0.370 e. The van der Waals surface area contributed by atoms with Gasteiger partial charge in [0.25, 0.3) is 11.7 Å². The van der Waals surface area contributed by atoms with Crippen LogP contribution in [0.1, 0.15) is 42.6 Å². The third kappa shape index (κ3) is 2.04. The summed E-state index contributed by atoms with van der Waals surface area (Å²) in [7, 11) is 0. The molecule has 0 saturated carbocycles. The van der Waals surface area contributed by atoms with Crippen LogP contribution in [-0.4, -0.2) is 29.9 Å². The number of aryl methyl sites for hydroxylation is 1. The summed E-state index contributed by atoms with van der Waals surface area (Å²) in [5, 5.41) is 0. The molecule has 2 aliphatic heterocycles. The van der Waals surface area contributed by atoms with Crippen molar-refractivity contribution in [3.63, 3.8) is 0 Å². The molecule has 20 heavy (non-hydrogen) atoms. The van der Waals surface area contributed by atoms with Crippen molar-refractivity contribution in [2.24, 2.45) is 0 Å². The van der Waals surface area contributed by atoms with E-state index in [0.717, 1.165) is 24.1 Å². The molecule has 0 spiro atoms. The van der Waals surface area contributed by atoms with Crippen molar-refractivity contribution in [1.82, 2.24) is 0 Å². The quantitative estimate of drug-likeness (QED) is 0.778. The van der Waals surface area contributed by atoms with Crippen LogP contribution in [-0.2, 0) is 9.53 Å². The van der Waals surface area contributed by atoms with Gasteiger partial charge in [-0.15, -0.1) is 0 Å². The van der Waals surface area contributed by atoms with Gasteiger partial charge in [-0.1, -0.05) is 12.1 Å². The maximum absolute atomic E-state index is 12.2. The van der Waals surface area contributed by atoms with E-state index in [2.05, 4.69) is 13.8 Å². The summed E-state index contributed by atoms with van der Waals surface area (Å²) in [6, 6.07) is 5.47. The number of hydrogen-bond acceptors (Lipinski definition) is 3. The first kappa shape index (κ1) is 13.3. The van der Waals surface area contributed by atoms with Crippen LogP contribution in [0.5, 0.6) is 0 Å². The van der Waals surface area contributed by atoms with Crippen LogP contribution in [0.15, 0.2) is 18.2 Å². The molecule has 1 atom stereocenters. The predicted octanol–water partition coefficient (Wildman–Crippen LogP) is 2.48. The Balaban J connectivity index is 1.88. The fourth-order valence-corrected chi connectivity index (χ4v) is 3.12. The van der Waals surface area contributed by atoms with Gasteiger partial charge in [0.05, 0.1) is 29.5 Å². The summed E-state index contributed by atoms with van der Waals surface area (Å²) in [6.45, 7) is 6.51. The zero-order chi connectivity index (χ0) is 14.5. The van der Waals surface area contributed by atoms with Crippen molar-refractivity contribution in [3.05, 3.63) is 29.3 Å². The van der Waals surface area contributed by atoms with Gasteiger partial charge in [0, 0.05) is 0 Å². The number of amides is 1. The highest BCUT2D eigenvalue weighted by Gasteiger charge is 2.40. The molecule has 1 aromatic carbocycles. The minimum atomic E-state index is -0.428. The minimum Gasteiger partial charge on any atom is -0.370 e. The van der Waals surface area contributed by atoms with Gasteiger partial charge in [0.1, 0.15) is 0 Å². The van der Waals surface area contributed by atoms with Crippen molar-refractivity contribution in [1.29, 1.82) is 0 Å². The standard InChI is InChI=1S/C16H19NO3/c1-10-5-4-6-12-13(10)17(15(19)14(12)18)9-11-7-8-16(2,3)20-11/h4-6,11H,7-9H2,1-3H3. The lowest BCUT2D eigenvalue weighted by atomic mass is 10.1. The van der Waals surface area contributed by atoms with Crippen LogP contribution in [0.2, 0.25) is 0 Å². The first-order valence-electron chi connectivity index (χ1n) is 7.03. The number of carbonyl (C=O) groups is 2. The van der Waals surface area contributed by atoms with E-state index in [1.54, 1.807) is 11.0 Å². The normalized spacial score (nSPS) is 24.4. The Labute approximate surface area is 118 Å². The number of nitrogens with zero attached hydrogens (tertiary/aromatic N) is 1. The Morgan fingerprint density at radius 1 is 1.35 bits per heavy atom. The zero-order valence-electron chi connectivity index (χ0n) is 12.1. The molecule has 0 radical (unpaired) electrons. The molecule has 1 saturated heterocycles. The van der Waals surface area contributed by atoms with E-state index in [-0.39, 0.29) is 11.7 Å². The molecule has 1 aromatic rings. The number of fused-ring (bicyclic) bond motifs is 1. The van der Waals surface area contributed by atoms with Crippen LogP contribution < -0.4 is 4.90 Å². The molecular formula is C16H19NO3. The van der Waals surface area contributed by atoms with E-state index >= 15 is 0 Å². The average Bonchev–Trinajstić information content (AvgIpc) is 2.84. The van der Waals surface area contributed by atoms with Crippen LogP contribution >= 0.6 is 0 Å². The molecular weight excluding hydrogens is 254 g/mol. The van der Waals surface area contributed by atoms with Crippen LogP contribution in [0, 0.1) is 6.92 Å². The second kappa shape index (κ2) is 4.42. The predicted molar refractivity (Wildman–Crippen MR) is 76.0 cm³/mol. The minimum absolute atomic E-state index is 0.00676. The molecule has 0 aliphatic carbocycles. The Hall–Kier alpha value is -1.68. The highest BCUT2D eigenvalue weighted by molar-refractivity contribution is 6.52. The third-order valence-corrected chi connectivity index (χ3v) is 4.13. The van der Waals surface area contributed by atoms with Gasteiger partial charge in [-0.3, -0.25) is 9.59 Å². The Kier molecular flexibility index (Phi) is 2.94. The second-order valence-corrected chi connectivity index (χ2v) is 6.25. The first-order chi connectivity index (χ1) is 9.39. The molecule has 0 N–H and O–H groups in total. The SMILES string of the molecule is Cc1cccc2c1N(CC1CCC(C)(C)O1)C(=O)C2=O. The van der Waals surface area contributed by atoms with Gasteiger partial charge >= 0.3 is 0 Å². The zero-order valence-corrected chi connectivity index (χ0v) is 12.1. The monoisotopic (exact) mass is 273 g/mol. The smallest absolute Gasteiger partial charge is 0.299 e. The Bertz CT molecular complexity index is 591. The Morgan fingerprint density at radius 2 is 2.10 bits per heavy atom. The highest BCUT2D eigenvalue weighted by atomic mass is 16.5. The number of benzene rings is 1. The van der Waals surface area contributed by atoms with Gasteiger partial charge in [-0.05, 0) is 45.2 Å². The van der Waals surface area contributed by atoms with Crippen LogP contribution in [0.25, 0.3) is 0 Å². The number of Topliss-reactive ketones (excluding diaryl/α,β-unsaturated/α-hetero) is 1. The summed E-state index contributed by atoms with van der Waals surface area (Å²) < 4.78 is 5.94. The van der Waals surface area contributed by atoms with E-state index < -0.39 is 11.7 Å². The number of anilines is 1. The molecule has 4 heteroatoms.